The molecular weight excluding hydrogens is 172 g/mol. The van der Waals surface area contributed by atoms with Crippen molar-refractivity contribution in [3.05, 3.63) is 29.8 Å². The molecule has 1 aromatic carbocycles. The largest absolute Gasteiger partial charge is 0.359 e. The van der Waals surface area contributed by atoms with E-state index in [1.807, 2.05) is 0 Å². The highest BCUT2D eigenvalue weighted by Crippen LogP contribution is 2.19. The van der Waals surface area contributed by atoms with Crippen molar-refractivity contribution < 1.29 is 0 Å². The summed E-state index contributed by atoms with van der Waals surface area (Å²) < 4.78 is 0. The number of nitrogens with zero attached hydrogens (tertiary/aromatic N) is 1. The first-order valence-electron chi connectivity index (χ1n) is 5.30. The minimum Gasteiger partial charge on any atom is -0.359 e. The maximum atomic E-state index is 3.50. The number of hydrogen-bond acceptors (Lipinski definition) is 2. The van der Waals surface area contributed by atoms with Gasteiger partial charge in [0, 0.05) is 12.7 Å². The van der Waals surface area contributed by atoms with Crippen molar-refractivity contribution in [2.24, 2.45) is 0 Å². The average Bonchev–Trinajstić information content (AvgIpc) is 2.69. The van der Waals surface area contributed by atoms with Gasteiger partial charge in [-0.3, -0.25) is 5.32 Å². The molecule has 0 aromatic heterocycles. The first-order chi connectivity index (χ1) is 6.77. The lowest BCUT2D eigenvalue weighted by molar-refractivity contribution is 0.594. The molecule has 1 saturated heterocycles. The molecule has 1 aromatic rings. The third-order valence-electron chi connectivity index (χ3n) is 2.91. The van der Waals surface area contributed by atoms with Crippen molar-refractivity contribution >= 4 is 5.69 Å². The molecule has 2 heteroatoms. The van der Waals surface area contributed by atoms with Crippen molar-refractivity contribution in [2.75, 3.05) is 18.5 Å². The van der Waals surface area contributed by atoms with Crippen LogP contribution in [0.2, 0.25) is 0 Å². The normalized spacial score (nSPS) is 21.1. The highest BCUT2D eigenvalue weighted by atomic mass is 15.3. The lowest BCUT2D eigenvalue weighted by Gasteiger charge is -2.26. The van der Waals surface area contributed by atoms with Gasteiger partial charge in [-0.05, 0) is 44.0 Å². The smallest absolute Gasteiger partial charge is 0.0793 e. The van der Waals surface area contributed by atoms with Crippen LogP contribution in [0.25, 0.3) is 0 Å². The van der Waals surface area contributed by atoms with Gasteiger partial charge < -0.3 is 4.90 Å². The molecule has 0 saturated carbocycles. The minimum absolute atomic E-state index is 0.525. The molecule has 2 rings (SSSR count). The summed E-state index contributed by atoms with van der Waals surface area (Å²) in [7, 11) is 2.16. The van der Waals surface area contributed by atoms with Crippen molar-refractivity contribution in [2.45, 2.75) is 25.9 Å². The number of hydrogen-bond donors (Lipinski definition) is 1. The number of nitrogens with one attached hydrogen (secondary N) is 1. The molecule has 1 aliphatic heterocycles. The molecule has 0 radical (unpaired) electrons. The minimum atomic E-state index is 0.525. The Hall–Kier alpha value is -1.02. The van der Waals surface area contributed by atoms with E-state index in [0.717, 1.165) is 6.54 Å². The predicted octanol–water partition coefficient (Wildman–Crippen LogP) is 2.14. The Bertz CT molecular complexity index is 303. The lowest BCUT2D eigenvalue weighted by Crippen LogP contribution is -2.39. The van der Waals surface area contributed by atoms with Crippen LogP contribution >= 0.6 is 0 Å². The third kappa shape index (κ3) is 1.90. The van der Waals surface area contributed by atoms with E-state index in [0.29, 0.717) is 6.17 Å². The monoisotopic (exact) mass is 190 g/mol. The third-order valence-corrected chi connectivity index (χ3v) is 2.91. The van der Waals surface area contributed by atoms with Crippen LogP contribution in [-0.2, 0) is 0 Å². The SMILES string of the molecule is Cc1cccc(N(C)C2CCCN2)c1. The Morgan fingerprint density at radius 3 is 2.93 bits per heavy atom. The van der Waals surface area contributed by atoms with Crippen molar-refractivity contribution in [3.63, 3.8) is 0 Å². The highest BCUT2D eigenvalue weighted by Gasteiger charge is 2.18. The van der Waals surface area contributed by atoms with Crippen LogP contribution in [0.3, 0.4) is 0 Å². The van der Waals surface area contributed by atoms with Gasteiger partial charge in [0.25, 0.3) is 0 Å². The van der Waals surface area contributed by atoms with Gasteiger partial charge in [-0.25, -0.2) is 0 Å². The van der Waals surface area contributed by atoms with Crippen LogP contribution < -0.4 is 10.2 Å². The fourth-order valence-electron chi connectivity index (χ4n) is 2.02. The van der Waals surface area contributed by atoms with Gasteiger partial charge in [-0.2, -0.15) is 0 Å². The van der Waals surface area contributed by atoms with Crippen LogP contribution in [0.4, 0.5) is 5.69 Å². The topological polar surface area (TPSA) is 15.3 Å². The molecule has 1 unspecified atom stereocenters. The molecule has 2 nitrogen and oxygen atoms in total. The maximum absolute atomic E-state index is 3.50. The molecule has 76 valence electrons. The highest BCUT2D eigenvalue weighted by molar-refractivity contribution is 5.48. The second-order valence-corrected chi connectivity index (χ2v) is 4.06. The van der Waals surface area contributed by atoms with Gasteiger partial charge in [0.2, 0.25) is 0 Å². The second-order valence-electron chi connectivity index (χ2n) is 4.06. The number of anilines is 1. The van der Waals surface area contributed by atoms with Gasteiger partial charge in [0.1, 0.15) is 0 Å². The summed E-state index contributed by atoms with van der Waals surface area (Å²) in [6.45, 7) is 3.29. The summed E-state index contributed by atoms with van der Waals surface area (Å²) in [6, 6.07) is 8.67. The molecule has 1 heterocycles. The van der Waals surface area contributed by atoms with E-state index in [-0.39, 0.29) is 0 Å². The zero-order chi connectivity index (χ0) is 9.97. The maximum Gasteiger partial charge on any atom is 0.0793 e. The number of aryl methyl sites for hydroxylation is 1. The predicted molar refractivity (Wildman–Crippen MR) is 60.6 cm³/mol. The molecular formula is C12H18N2. The van der Waals surface area contributed by atoms with E-state index in [4.69, 9.17) is 0 Å². The summed E-state index contributed by atoms with van der Waals surface area (Å²) in [6.07, 6.45) is 3.07. The molecule has 1 aliphatic rings. The van der Waals surface area contributed by atoms with E-state index >= 15 is 0 Å². The Balaban J connectivity index is 2.13. The molecule has 0 bridgehead atoms. The average molecular weight is 190 g/mol. The molecule has 0 amide bonds. The Morgan fingerprint density at radius 1 is 1.43 bits per heavy atom. The van der Waals surface area contributed by atoms with Gasteiger partial charge in [-0.1, -0.05) is 12.1 Å². The first-order valence-corrected chi connectivity index (χ1v) is 5.30. The fourth-order valence-corrected chi connectivity index (χ4v) is 2.02. The van der Waals surface area contributed by atoms with Gasteiger partial charge >= 0.3 is 0 Å². The quantitative estimate of drug-likeness (QED) is 0.768. The zero-order valence-electron chi connectivity index (χ0n) is 8.96. The van der Waals surface area contributed by atoms with Crippen LogP contribution in [0, 0.1) is 6.92 Å². The van der Waals surface area contributed by atoms with Crippen LogP contribution in [-0.4, -0.2) is 19.8 Å². The molecule has 14 heavy (non-hydrogen) atoms. The van der Waals surface area contributed by atoms with Crippen LogP contribution in [0.5, 0.6) is 0 Å². The summed E-state index contributed by atoms with van der Waals surface area (Å²) in [4.78, 5) is 2.33. The molecule has 1 N–H and O–H groups in total. The summed E-state index contributed by atoms with van der Waals surface area (Å²) in [5.74, 6) is 0. The van der Waals surface area contributed by atoms with Crippen molar-refractivity contribution in [1.82, 2.24) is 5.32 Å². The molecule has 0 spiro atoms. The number of benzene rings is 1. The van der Waals surface area contributed by atoms with E-state index in [1.165, 1.54) is 24.1 Å². The summed E-state index contributed by atoms with van der Waals surface area (Å²) in [5, 5.41) is 3.50. The summed E-state index contributed by atoms with van der Waals surface area (Å²) >= 11 is 0. The molecule has 1 atom stereocenters. The fraction of sp³-hybridized carbons (Fsp3) is 0.500. The first kappa shape index (κ1) is 9.53. The zero-order valence-corrected chi connectivity index (χ0v) is 8.96. The Labute approximate surface area is 85.9 Å². The number of rotatable bonds is 2. The van der Waals surface area contributed by atoms with E-state index in [1.54, 1.807) is 0 Å². The summed E-state index contributed by atoms with van der Waals surface area (Å²) in [5.41, 5.74) is 2.64. The van der Waals surface area contributed by atoms with Gasteiger partial charge in [0.15, 0.2) is 0 Å². The van der Waals surface area contributed by atoms with E-state index in [9.17, 15) is 0 Å². The standard InChI is InChI=1S/C12H18N2/c1-10-5-3-6-11(9-10)14(2)12-7-4-8-13-12/h3,5-6,9,12-13H,4,7-8H2,1-2H3. The van der Waals surface area contributed by atoms with Crippen LogP contribution in [0.15, 0.2) is 24.3 Å². The van der Waals surface area contributed by atoms with Gasteiger partial charge in [-0.15, -0.1) is 0 Å². The van der Waals surface area contributed by atoms with Crippen molar-refractivity contribution in [3.8, 4) is 0 Å². The second kappa shape index (κ2) is 4.01. The van der Waals surface area contributed by atoms with Gasteiger partial charge in [0.05, 0.1) is 6.17 Å². The van der Waals surface area contributed by atoms with E-state index < -0.39 is 0 Å². The van der Waals surface area contributed by atoms with E-state index in [2.05, 4.69) is 48.5 Å². The Morgan fingerprint density at radius 2 is 2.29 bits per heavy atom. The Kier molecular flexibility index (Phi) is 2.73. The van der Waals surface area contributed by atoms with Crippen molar-refractivity contribution in [1.29, 1.82) is 0 Å². The lowest BCUT2D eigenvalue weighted by atomic mass is 10.2. The molecule has 1 fully saturated rings. The van der Waals surface area contributed by atoms with Crippen LogP contribution in [0.1, 0.15) is 18.4 Å². The molecule has 0 aliphatic carbocycles.